The molecule has 0 aliphatic heterocycles. The minimum atomic E-state index is 0.319. The Morgan fingerprint density at radius 1 is 1.08 bits per heavy atom. The van der Waals surface area contributed by atoms with Gasteiger partial charge in [0.2, 0.25) is 0 Å². The smallest absolute Gasteiger partial charge is 0.185 e. The van der Waals surface area contributed by atoms with Crippen LogP contribution < -0.4 is 4.90 Å². The van der Waals surface area contributed by atoms with Crippen LogP contribution in [0.4, 0.5) is 5.82 Å². The molecule has 1 aromatic heterocycles. The monoisotopic (exact) mass is 319 g/mol. The van der Waals surface area contributed by atoms with Crippen molar-refractivity contribution in [1.29, 1.82) is 0 Å². The first-order valence-electron chi connectivity index (χ1n) is 7.94. The van der Waals surface area contributed by atoms with E-state index < -0.39 is 0 Å². The van der Waals surface area contributed by atoms with E-state index in [0.717, 1.165) is 32.6 Å². The van der Waals surface area contributed by atoms with Crippen LogP contribution in [0.5, 0.6) is 0 Å². The molecule has 122 valence electrons. The van der Waals surface area contributed by atoms with Gasteiger partial charge in [0.25, 0.3) is 0 Å². The second kappa shape index (κ2) is 6.71. The second-order valence-electron chi connectivity index (χ2n) is 6.18. The van der Waals surface area contributed by atoms with Crippen LogP contribution in [-0.2, 0) is 6.54 Å². The van der Waals surface area contributed by atoms with Crippen molar-refractivity contribution >= 4 is 22.9 Å². The van der Waals surface area contributed by atoms with Gasteiger partial charge in [0.15, 0.2) is 12.8 Å². The van der Waals surface area contributed by atoms with Crippen molar-refractivity contribution in [3.05, 3.63) is 76.5 Å². The lowest BCUT2D eigenvalue weighted by Crippen LogP contribution is -2.15. The van der Waals surface area contributed by atoms with Crippen molar-refractivity contribution in [3.63, 3.8) is 0 Å². The maximum atomic E-state index is 12.4. The molecule has 0 aliphatic rings. The molecule has 1 heterocycles. The summed E-state index contributed by atoms with van der Waals surface area (Å²) < 4.78 is 0.959. The number of hydroxylamine groups is 1. The molecule has 0 atom stereocenters. The molecule has 0 bridgehead atoms. The Balaban J connectivity index is 2.03. The fourth-order valence-corrected chi connectivity index (χ4v) is 2.72. The largest absolute Gasteiger partial charge is 0.624 e. The van der Waals surface area contributed by atoms with Gasteiger partial charge in [0.1, 0.15) is 5.82 Å². The zero-order valence-corrected chi connectivity index (χ0v) is 14.2. The number of anilines is 1. The van der Waals surface area contributed by atoms with Gasteiger partial charge in [0, 0.05) is 25.0 Å². The molecule has 0 fully saturated rings. The predicted molar refractivity (Wildman–Crippen MR) is 99.7 cm³/mol. The molecule has 3 rings (SSSR count). The van der Waals surface area contributed by atoms with Crippen molar-refractivity contribution in [3.8, 4) is 0 Å². The van der Waals surface area contributed by atoms with Gasteiger partial charge >= 0.3 is 0 Å². The quantitative estimate of drug-likeness (QED) is 0.318. The van der Waals surface area contributed by atoms with Crippen LogP contribution in [0, 0.1) is 12.1 Å². The highest BCUT2D eigenvalue weighted by atomic mass is 16.5. The SMILES string of the molecule is Cc1ccc2nc(N(C)C)c(/C=[N+](\[O-])Cc3ccccc3)cc2c1. The fourth-order valence-electron chi connectivity index (χ4n) is 2.72. The third kappa shape index (κ3) is 3.54. The number of aromatic nitrogens is 1. The number of pyridine rings is 1. The zero-order chi connectivity index (χ0) is 17.1. The molecular weight excluding hydrogens is 298 g/mol. The zero-order valence-electron chi connectivity index (χ0n) is 14.2. The van der Waals surface area contributed by atoms with Crippen LogP contribution >= 0.6 is 0 Å². The first-order valence-corrected chi connectivity index (χ1v) is 7.94. The molecule has 2 aromatic carbocycles. The predicted octanol–water partition coefficient (Wildman–Crippen LogP) is 3.74. The minimum Gasteiger partial charge on any atom is -0.624 e. The highest BCUT2D eigenvalue weighted by Gasteiger charge is 2.11. The Labute approximate surface area is 142 Å². The highest BCUT2D eigenvalue weighted by Crippen LogP contribution is 2.22. The van der Waals surface area contributed by atoms with E-state index in [2.05, 4.69) is 13.0 Å². The van der Waals surface area contributed by atoms with Gasteiger partial charge in [0.05, 0.1) is 11.1 Å². The molecule has 3 aromatic rings. The Morgan fingerprint density at radius 3 is 2.54 bits per heavy atom. The molecule has 0 unspecified atom stereocenters. The van der Waals surface area contributed by atoms with E-state index in [4.69, 9.17) is 4.98 Å². The summed E-state index contributed by atoms with van der Waals surface area (Å²) in [4.78, 5) is 6.64. The molecule has 0 spiro atoms. The minimum absolute atomic E-state index is 0.319. The molecule has 24 heavy (non-hydrogen) atoms. The molecule has 0 saturated heterocycles. The Hall–Kier alpha value is -2.88. The number of aryl methyl sites for hydroxylation is 1. The van der Waals surface area contributed by atoms with E-state index >= 15 is 0 Å². The summed E-state index contributed by atoms with van der Waals surface area (Å²) in [6.07, 6.45) is 1.62. The van der Waals surface area contributed by atoms with Gasteiger partial charge < -0.3 is 10.1 Å². The van der Waals surface area contributed by atoms with Crippen molar-refractivity contribution < 1.29 is 4.74 Å². The Morgan fingerprint density at radius 2 is 1.83 bits per heavy atom. The first-order chi connectivity index (χ1) is 11.5. The molecule has 0 radical (unpaired) electrons. The van der Waals surface area contributed by atoms with Crippen LogP contribution in [0.25, 0.3) is 10.9 Å². The summed E-state index contributed by atoms with van der Waals surface area (Å²) in [5.74, 6) is 0.792. The van der Waals surface area contributed by atoms with Crippen molar-refractivity contribution in [2.24, 2.45) is 0 Å². The van der Waals surface area contributed by atoms with E-state index in [0.29, 0.717) is 6.54 Å². The third-order valence-corrected chi connectivity index (χ3v) is 3.87. The van der Waals surface area contributed by atoms with Gasteiger partial charge in [-0.2, -0.15) is 0 Å². The molecule has 0 amide bonds. The van der Waals surface area contributed by atoms with Gasteiger partial charge in [-0.15, -0.1) is 0 Å². The number of hydrogen-bond acceptors (Lipinski definition) is 3. The number of benzene rings is 2. The van der Waals surface area contributed by atoms with E-state index in [1.165, 1.54) is 5.56 Å². The fraction of sp³-hybridized carbons (Fsp3) is 0.200. The highest BCUT2D eigenvalue weighted by molar-refractivity contribution is 5.92. The van der Waals surface area contributed by atoms with Gasteiger partial charge in [-0.3, -0.25) is 0 Å². The maximum Gasteiger partial charge on any atom is 0.185 e. The van der Waals surface area contributed by atoms with Crippen molar-refractivity contribution in [2.45, 2.75) is 13.5 Å². The van der Waals surface area contributed by atoms with E-state index in [1.54, 1.807) is 6.21 Å². The van der Waals surface area contributed by atoms with Gasteiger partial charge in [-0.25, -0.2) is 9.72 Å². The second-order valence-corrected chi connectivity index (χ2v) is 6.18. The summed E-state index contributed by atoms with van der Waals surface area (Å²) in [6.45, 7) is 2.37. The van der Waals surface area contributed by atoms with Gasteiger partial charge in [-0.05, 0) is 25.1 Å². The summed E-state index contributed by atoms with van der Waals surface area (Å²) in [7, 11) is 3.87. The summed E-state index contributed by atoms with van der Waals surface area (Å²) in [5.41, 5.74) is 3.92. The lowest BCUT2D eigenvalue weighted by Gasteiger charge is -2.15. The van der Waals surface area contributed by atoms with Crippen LogP contribution in [0.3, 0.4) is 0 Å². The van der Waals surface area contributed by atoms with E-state index in [9.17, 15) is 5.21 Å². The summed E-state index contributed by atoms with van der Waals surface area (Å²) >= 11 is 0. The van der Waals surface area contributed by atoms with Crippen LogP contribution in [0.1, 0.15) is 16.7 Å². The Kier molecular flexibility index (Phi) is 4.47. The first kappa shape index (κ1) is 16.0. The number of nitrogens with zero attached hydrogens (tertiary/aromatic N) is 3. The Bertz CT molecular complexity index is 886. The number of rotatable bonds is 4. The average Bonchev–Trinajstić information content (AvgIpc) is 2.54. The lowest BCUT2D eigenvalue weighted by atomic mass is 10.1. The molecule has 0 aliphatic carbocycles. The van der Waals surface area contributed by atoms with E-state index in [-0.39, 0.29) is 0 Å². The maximum absolute atomic E-state index is 12.4. The van der Waals surface area contributed by atoms with Crippen LogP contribution in [0.15, 0.2) is 54.6 Å². The number of fused-ring (bicyclic) bond motifs is 1. The lowest BCUT2D eigenvalue weighted by molar-refractivity contribution is -0.469. The van der Waals surface area contributed by atoms with Crippen LogP contribution in [0.2, 0.25) is 0 Å². The molecule has 0 saturated carbocycles. The average molecular weight is 319 g/mol. The van der Waals surface area contributed by atoms with E-state index in [1.807, 2.05) is 67.5 Å². The summed E-state index contributed by atoms with van der Waals surface area (Å²) in [6, 6.07) is 17.9. The van der Waals surface area contributed by atoms with Crippen molar-refractivity contribution in [2.75, 3.05) is 19.0 Å². The normalized spacial score (nSPS) is 11.7. The van der Waals surface area contributed by atoms with Gasteiger partial charge in [-0.1, -0.05) is 42.0 Å². The molecule has 4 heteroatoms. The molecule has 4 nitrogen and oxygen atoms in total. The number of hydrogen-bond donors (Lipinski definition) is 0. The third-order valence-electron chi connectivity index (χ3n) is 3.87. The summed E-state index contributed by atoms with van der Waals surface area (Å²) in [5, 5.41) is 13.4. The molecule has 0 N–H and O–H groups in total. The van der Waals surface area contributed by atoms with Crippen LogP contribution in [-0.4, -0.2) is 30.0 Å². The standard InChI is InChI=1S/C20H21N3O/c1-15-9-10-19-17(11-15)12-18(20(21-19)22(2)3)14-23(24)13-16-7-5-4-6-8-16/h4-12,14H,13H2,1-3H3/b23-14-. The molecular formula is C20H21N3O. The van der Waals surface area contributed by atoms with Crippen molar-refractivity contribution in [1.82, 2.24) is 4.98 Å². The topological polar surface area (TPSA) is 42.2 Å².